The third-order valence-corrected chi connectivity index (χ3v) is 10.5. The van der Waals surface area contributed by atoms with Crippen LogP contribution in [0, 0.1) is 0 Å². The number of rotatable bonds is 11. The average molecular weight is 827 g/mol. The van der Waals surface area contributed by atoms with Crippen molar-refractivity contribution < 1.29 is 56.7 Å². The van der Waals surface area contributed by atoms with Gasteiger partial charge in [-0.25, -0.2) is 4.79 Å². The van der Waals surface area contributed by atoms with Crippen molar-refractivity contribution in [2.75, 3.05) is 17.3 Å². The molecule has 4 aromatic carbocycles. The van der Waals surface area contributed by atoms with Crippen molar-refractivity contribution in [3.05, 3.63) is 72.0 Å². The van der Waals surface area contributed by atoms with Gasteiger partial charge < -0.3 is 10.2 Å². The topological polar surface area (TPSA) is 326 Å². The van der Waals surface area contributed by atoms with E-state index in [-0.39, 0.29) is 39.9 Å². The van der Waals surface area contributed by atoms with Crippen LogP contribution in [-0.4, -0.2) is 80.0 Å². The second-order valence-corrected chi connectivity index (χ2v) is 16.3. The summed E-state index contributed by atoms with van der Waals surface area (Å²) in [5.74, 6) is -0.234. The van der Waals surface area contributed by atoms with E-state index < -0.39 is 76.5 Å². The van der Waals surface area contributed by atoms with E-state index >= 15 is 0 Å². The first-order chi connectivity index (χ1) is 24.5. The molecule has 0 aliphatic heterocycles. The molecule has 0 aliphatic rings. The van der Waals surface area contributed by atoms with Crippen LogP contribution in [0.4, 0.5) is 40.3 Å². The lowest BCUT2D eigenvalue weighted by molar-refractivity contribution is 0.479. The number of carbonyl (C=O) groups excluding carboxylic acids is 1. The molecule has 5 aromatic rings. The average Bonchev–Trinajstić information content (AvgIpc) is 3.05. The molecule has 0 unspecified atom stereocenters. The Morgan fingerprint density at radius 2 is 1.36 bits per heavy atom. The predicted octanol–water partition coefficient (Wildman–Crippen LogP) is 4.56. The minimum Gasteiger partial charge on any atom is -0.324 e. The summed E-state index contributed by atoms with van der Waals surface area (Å²) < 4.78 is 134. The Bertz CT molecular complexity index is 2870. The monoisotopic (exact) mass is 826 g/mol. The number of anilines is 4. The van der Waals surface area contributed by atoms with Crippen LogP contribution in [0.25, 0.3) is 10.8 Å². The highest BCUT2D eigenvalue weighted by atomic mass is 35.5. The molecule has 0 fully saturated rings. The van der Waals surface area contributed by atoms with Crippen molar-refractivity contribution in [3.8, 4) is 0 Å². The summed E-state index contributed by atoms with van der Waals surface area (Å²) in [5.41, 5.74) is -0.777. The van der Waals surface area contributed by atoms with Gasteiger partial charge in [0.2, 0.25) is 23.3 Å². The zero-order valence-electron chi connectivity index (χ0n) is 26.0. The van der Waals surface area contributed by atoms with Gasteiger partial charge in [0.15, 0.2) is 0 Å². The Labute approximate surface area is 303 Å². The second-order valence-electron chi connectivity index (χ2n) is 10.4. The summed E-state index contributed by atoms with van der Waals surface area (Å²) in [6, 6.07) is 11.4. The lowest BCUT2D eigenvalue weighted by atomic mass is 10.1. The number of hydrogen-bond acceptors (Lipinski definition) is 17. The van der Waals surface area contributed by atoms with Crippen molar-refractivity contribution in [2.45, 2.75) is 19.6 Å². The van der Waals surface area contributed by atoms with Gasteiger partial charge in [-0.1, -0.05) is 6.07 Å². The van der Waals surface area contributed by atoms with Gasteiger partial charge in [0, 0.05) is 23.8 Å². The Balaban J connectivity index is 1.54. The number of fused-ring (bicyclic) bond motifs is 1. The van der Waals surface area contributed by atoms with E-state index in [0.29, 0.717) is 18.2 Å². The van der Waals surface area contributed by atoms with Gasteiger partial charge in [-0.15, -0.1) is 10.2 Å². The van der Waals surface area contributed by atoms with Gasteiger partial charge >= 0.3 is 0 Å². The van der Waals surface area contributed by atoms with Crippen molar-refractivity contribution in [1.82, 2.24) is 15.0 Å². The maximum atomic E-state index is 12.3. The van der Waals surface area contributed by atoms with Crippen molar-refractivity contribution in [2.24, 2.45) is 15.2 Å². The molecule has 0 saturated carbocycles. The fraction of sp³-hybridized carbons (Fsp3) is 0.0370. The normalized spacial score (nSPS) is 12.5. The summed E-state index contributed by atoms with van der Waals surface area (Å²) in [4.78, 5) is 24.9. The van der Waals surface area contributed by atoms with Crippen LogP contribution in [0.1, 0.15) is 0 Å². The van der Waals surface area contributed by atoms with Crippen molar-refractivity contribution in [3.63, 3.8) is 0 Å². The lowest BCUT2D eigenvalue weighted by Gasteiger charge is -2.18. The quantitative estimate of drug-likeness (QED) is 0.0527. The van der Waals surface area contributed by atoms with Crippen LogP contribution < -0.4 is 10.2 Å². The highest BCUT2D eigenvalue weighted by molar-refractivity contribution is 7.87. The number of hydrogen-bond donors (Lipinski definition) is 5. The maximum absolute atomic E-state index is 12.3. The molecular formula is C27H19ClN8O13S4. The minimum absolute atomic E-state index is 0.0760. The molecule has 0 atom stereocenters. The summed E-state index contributed by atoms with van der Waals surface area (Å²) in [6.45, 7) is 0. The van der Waals surface area contributed by atoms with Crippen molar-refractivity contribution in [1.29, 1.82) is 0 Å². The summed E-state index contributed by atoms with van der Waals surface area (Å²) in [7, 11) is -18.5. The predicted molar refractivity (Wildman–Crippen MR) is 184 cm³/mol. The van der Waals surface area contributed by atoms with Crippen LogP contribution in [0.15, 0.2) is 102 Å². The number of benzene rings is 4. The molecule has 0 spiro atoms. The molecule has 1 aromatic heterocycles. The van der Waals surface area contributed by atoms with E-state index in [1.807, 2.05) is 0 Å². The molecular weight excluding hydrogens is 808 g/mol. The maximum Gasteiger partial charge on any atom is 0.296 e. The summed E-state index contributed by atoms with van der Waals surface area (Å²) in [6.07, 6.45) is 1.30. The van der Waals surface area contributed by atoms with E-state index in [0.717, 1.165) is 12.1 Å². The fourth-order valence-corrected chi connectivity index (χ4v) is 7.20. The molecule has 0 saturated heterocycles. The number of halogens is 1. The minimum atomic E-state index is -5.20. The SMILES string of the molecule is CN(c1cccc(S(=O)(=O)O)c1)c1nc(Cl)nc(Nc2ccc(N=Nc3cc4c(S(=O)(=O)O)cc(S(=O)(=O)O)cc4cc3S(=O)(=O)O)c(N=C=O)c2)n1. The number of nitrogens with one attached hydrogen (secondary N) is 1. The summed E-state index contributed by atoms with van der Waals surface area (Å²) in [5, 5.41) is 9.14. The van der Waals surface area contributed by atoms with Crippen LogP contribution in [0.5, 0.6) is 0 Å². The molecule has 5 rings (SSSR count). The molecule has 1 heterocycles. The molecule has 0 aliphatic carbocycles. The van der Waals surface area contributed by atoms with Gasteiger partial charge in [-0.05, 0) is 77.7 Å². The molecule has 26 heteroatoms. The largest absolute Gasteiger partial charge is 0.324 e. The third-order valence-electron chi connectivity index (χ3n) is 6.88. The highest BCUT2D eigenvalue weighted by Crippen LogP contribution is 2.38. The number of azo groups is 1. The van der Waals surface area contributed by atoms with E-state index in [1.54, 1.807) is 0 Å². The zero-order valence-corrected chi connectivity index (χ0v) is 30.0. The van der Waals surface area contributed by atoms with Gasteiger partial charge in [0.1, 0.15) is 26.9 Å². The number of isocyanates is 1. The molecule has 53 heavy (non-hydrogen) atoms. The Morgan fingerprint density at radius 3 is 1.98 bits per heavy atom. The highest BCUT2D eigenvalue weighted by Gasteiger charge is 2.25. The number of aromatic nitrogens is 3. The van der Waals surface area contributed by atoms with Crippen LogP contribution >= 0.6 is 11.6 Å². The summed E-state index contributed by atoms with van der Waals surface area (Å²) >= 11 is 6.09. The standard InChI is InChI=1S/C27H19ClN8O13S4/c1-36(16-3-2-4-17(10-16)50(38,39)40)27-32-25(28)31-26(33-27)30-15-5-6-20(21(9-15)29-13-37)34-35-22-12-19-14(8-24(22)53(47,48)49)7-18(51(41,42)43)11-23(19)52(44,45)46/h2-12H,1H3,(H,38,39,40)(H,41,42,43)(H,44,45,46)(H,47,48,49)(H,30,31,32,33). The lowest BCUT2D eigenvalue weighted by Crippen LogP contribution is -2.15. The van der Waals surface area contributed by atoms with Gasteiger partial charge in [-0.3, -0.25) is 18.2 Å². The first-order valence-electron chi connectivity index (χ1n) is 13.7. The fourth-order valence-electron chi connectivity index (χ4n) is 4.54. The van der Waals surface area contributed by atoms with Crippen molar-refractivity contribution >= 4 is 109 Å². The van der Waals surface area contributed by atoms with E-state index in [4.69, 9.17) is 11.6 Å². The van der Waals surface area contributed by atoms with Gasteiger partial charge in [0.25, 0.3) is 40.5 Å². The Kier molecular flexibility index (Phi) is 10.4. The number of aliphatic imine (C=N–C) groups is 1. The van der Waals surface area contributed by atoms with Crippen LogP contribution in [-0.2, 0) is 45.3 Å². The van der Waals surface area contributed by atoms with E-state index in [1.165, 1.54) is 54.4 Å². The number of nitrogens with zero attached hydrogens (tertiary/aromatic N) is 7. The van der Waals surface area contributed by atoms with Gasteiger partial charge in [0.05, 0.1) is 9.79 Å². The Hall–Kier alpha value is -5.34. The second kappa shape index (κ2) is 14.2. The smallest absolute Gasteiger partial charge is 0.296 e. The molecule has 5 N–H and O–H groups in total. The van der Waals surface area contributed by atoms with Gasteiger partial charge in [-0.2, -0.15) is 53.6 Å². The molecule has 21 nitrogen and oxygen atoms in total. The van der Waals surface area contributed by atoms with E-state index in [2.05, 4.69) is 35.5 Å². The first-order valence-corrected chi connectivity index (χ1v) is 19.9. The Morgan fingerprint density at radius 1 is 0.698 bits per heavy atom. The van der Waals surface area contributed by atoms with Crippen LogP contribution in [0.2, 0.25) is 5.28 Å². The molecule has 276 valence electrons. The van der Waals surface area contributed by atoms with Crippen LogP contribution in [0.3, 0.4) is 0 Å². The van der Waals surface area contributed by atoms with E-state index in [9.17, 15) is 56.7 Å². The molecule has 0 radical (unpaired) electrons. The first kappa shape index (κ1) is 38.9. The molecule has 0 bridgehead atoms. The third kappa shape index (κ3) is 9.00. The zero-order chi connectivity index (χ0) is 39.1. The molecule has 0 amide bonds.